The number of hydrogen-bond donors (Lipinski definition) is 1. The highest BCUT2D eigenvalue weighted by atomic mass is 15.3. The maximum atomic E-state index is 4.76. The molecule has 0 unspecified atom stereocenters. The van der Waals surface area contributed by atoms with E-state index in [1.807, 2.05) is 24.1 Å². The van der Waals surface area contributed by atoms with Gasteiger partial charge in [-0.25, -0.2) is 0 Å². The largest absolute Gasteiger partial charge is 0.302 e. The molecule has 1 N–H and O–H groups in total. The van der Waals surface area contributed by atoms with Gasteiger partial charge in [-0.2, -0.15) is 10.2 Å². The Balaban J connectivity index is 1.44. The van der Waals surface area contributed by atoms with Crippen molar-refractivity contribution in [3.8, 4) is 11.3 Å². The molecule has 0 aliphatic heterocycles. The van der Waals surface area contributed by atoms with Crippen molar-refractivity contribution in [3.63, 3.8) is 0 Å². The Kier molecular flexibility index (Phi) is 5.91. The summed E-state index contributed by atoms with van der Waals surface area (Å²) < 4.78 is 1.93. The first-order valence-corrected chi connectivity index (χ1v) is 10.5. The van der Waals surface area contributed by atoms with Crippen LogP contribution in [0.15, 0.2) is 42.9 Å². The molecule has 5 heteroatoms. The third-order valence-electron chi connectivity index (χ3n) is 5.94. The Morgan fingerprint density at radius 3 is 2.64 bits per heavy atom. The molecule has 4 rings (SSSR count). The van der Waals surface area contributed by atoms with E-state index in [4.69, 9.17) is 5.10 Å². The number of aromatic amines is 1. The van der Waals surface area contributed by atoms with Crippen LogP contribution in [0.1, 0.15) is 54.7 Å². The minimum Gasteiger partial charge on any atom is -0.302 e. The molecule has 1 aromatic carbocycles. The van der Waals surface area contributed by atoms with Crippen molar-refractivity contribution in [2.45, 2.75) is 51.0 Å². The maximum Gasteiger partial charge on any atom is 0.0968 e. The summed E-state index contributed by atoms with van der Waals surface area (Å²) in [4.78, 5) is 2.35. The summed E-state index contributed by atoms with van der Waals surface area (Å²) in [5.74, 6) is 0.750. The lowest BCUT2D eigenvalue weighted by molar-refractivity contribution is 0.331. The van der Waals surface area contributed by atoms with Crippen LogP contribution in [-0.4, -0.2) is 38.5 Å². The zero-order valence-corrected chi connectivity index (χ0v) is 17.1. The van der Waals surface area contributed by atoms with E-state index in [2.05, 4.69) is 52.6 Å². The molecule has 148 valence electrons. The van der Waals surface area contributed by atoms with Gasteiger partial charge < -0.3 is 4.90 Å². The van der Waals surface area contributed by atoms with Crippen LogP contribution >= 0.6 is 0 Å². The van der Waals surface area contributed by atoms with Gasteiger partial charge in [0.25, 0.3) is 0 Å². The molecule has 0 radical (unpaired) electrons. The molecular formula is C23H31N5. The zero-order valence-electron chi connectivity index (χ0n) is 17.1. The van der Waals surface area contributed by atoms with Gasteiger partial charge in [-0.15, -0.1) is 0 Å². The summed E-state index contributed by atoms with van der Waals surface area (Å²) in [6, 6.07) is 9.18. The summed E-state index contributed by atoms with van der Waals surface area (Å²) in [6.45, 7) is 1.89. The number of hydrogen-bond acceptors (Lipinski definition) is 3. The summed E-state index contributed by atoms with van der Waals surface area (Å²) in [5, 5.41) is 11.7. The van der Waals surface area contributed by atoms with Gasteiger partial charge in [0.1, 0.15) is 0 Å². The van der Waals surface area contributed by atoms with E-state index in [1.165, 1.54) is 54.4 Å². The van der Waals surface area contributed by atoms with E-state index in [1.54, 1.807) is 0 Å². The molecule has 28 heavy (non-hydrogen) atoms. The Hall–Kier alpha value is -2.40. The van der Waals surface area contributed by atoms with Crippen molar-refractivity contribution in [1.82, 2.24) is 24.9 Å². The number of nitrogens with zero attached hydrogens (tertiary/aromatic N) is 4. The van der Waals surface area contributed by atoms with Gasteiger partial charge in [-0.05, 0) is 43.4 Å². The van der Waals surface area contributed by atoms with Crippen molar-refractivity contribution in [3.05, 3.63) is 59.5 Å². The number of likely N-dealkylation sites (N-methyl/N-ethyl adjacent to an activating group) is 1. The van der Waals surface area contributed by atoms with Gasteiger partial charge in [0.15, 0.2) is 0 Å². The third kappa shape index (κ3) is 4.53. The molecule has 0 spiro atoms. The van der Waals surface area contributed by atoms with E-state index in [0.717, 1.165) is 31.1 Å². The van der Waals surface area contributed by atoms with Crippen molar-refractivity contribution in [2.75, 3.05) is 13.6 Å². The molecule has 2 aromatic heterocycles. The fourth-order valence-corrected chi connectivity index (χ4v) is 4.35. The standard InChI is InChI=1S/C23H31N5/c1-27(13-12-18-14-24-25-15-18)16-22-17-28(2)26-23(22)21-10-8-20(9-11-21)19-6-4-3-5-7-19/h8-11,14-15,17,19H,3-7,12-13,16H2,1-2H3,(H,24,25). The minimum atomic E-state index is 0.750. The number of nitrogens with one attached hydrogen (secondary N) is 1. The van der Waals surface area contributed by atoms with E-state index < -0.39 is 0 Å². The van der Waals surface area contributed by atoms with Crippen molar-refractivity contribution in [2.24, 2.45) is 7.05 Å². The summed E-state index contributed by atoms with van der Waals surface area (Å²) in [5.41, 5.74) is 6.35. The maximum absolute atomic E-state index is 4.76. The fraction of sp³-hybridized carbons (Fsp3) is 0.478. The van der Waals surface area contributed by atoms with Crippen LogP contribution in [0.5, 0.6) is 0 Å². The third-order valence-corrected chi connectivity index (χ3v) is 5.94. The molecule has 0 saturated heterocycles. The topological polar surface area (TPSA) is 49.7 Å². The molecule has 5 nitrogen and oxygen atoms in total. The van der Waals surface area contributed by atoms with Crippen molar-refractivity contribution < 1.29 is 0 Å². The first-order valence-electron chi connectivity index (χ1n) is 10.5. The molecule has 3 aromatic rings. The first-order chi connectivity index (χ1) is 13.7. The van der Waals surface area contributed by atoms with Crippen LogP contribution in [0.25, 0.3) is 11.3 Å². The number of aromatic nitrogens is 4. The molecule has 1 fully saturated rings. The summed E-state index contributed by atoms with van der Waals surface area (Å²) >= 11 is 0. The van der Waals surface area contributed by atoms with Gasteiger partial charge in [0, 0.05) is 43.7 Å². The first kappa shape index (κ1) is 18.9. The Labute approximate surface area is 167 Å². The minimum absolute atomic E-state index is 0.750. The molecule has 0 bridgehead atoms. The second kappa shape index (κ2) is 8.74. The Morgan fingerprint density at radius 2 is 1.93 bits per heavy atom. The predicted molar refractivity (Wildman–Crippen MR) is 113 cm³/mol. The van der Waals surface area contributed by atoms with Crippen LogP contribution in [0.2, 0.25) is 0 Å². The number of rotatable bonds is 7. The van der Waals surface area contributed by atoms with E-state index in [0.29, 0.717) is 0 Å². The van der Waals surface area contributed by atoms with Crippen LogP contribution in [0.4, 0.5) is 0 Å². The van der Waals surface area contributed by atoms with Gasteiger partial charge in [-0.1, -0.05) is 43.5 Å². The molecule has 0 atom stereocenters. The highest BCUT2D eigenvalue weighted by Crippen LogP contribution is 2.33. The van der Waals surface area contributed by atoms with Gasteiger partial charge in [-0.3, -0.25) is 9.78 Å². The number of aryl methyl sites for hydroxylation is 1. The average Bonchev–Trinajstić information content (AvgIpc) is 3.37. The summed E-state index contributed by atoms with van der Waals surface area (Å²) in [7, 11) is 4.18. The predicted octanol–water partition coefficient (Wildman–Crippen LogP) is 4.53. The normalized spacial score (nSPS) is 15.4. The van der Waals surface area contributed by atoms with Crippen LogP contribution in [0, 0.1) is 0 Å². The molecule has 1 saturated carbocycles. The van der Waals surface area contributed by atoms with Crippen LogP contribution in [-0.2, 0) is 20.0 Å². The molecule has 1 aliphatic carbocycles. The lowest BCUT2D eigenvalue weighted by atomic mass is 9.84. The highest BCUT2D eigenvalue weighted by Gasteiger charge is 2.17. The van der Waals surface area contributed by atoms with E-state index in [9.17, 15) is 0 Å². The van der Waals surface area contributed by atoms with Crippen molar-refractivity contribution >= 4 is 0 Å². The van der Waals surface area contributed by atoms with Gasteiger partial charge in [0.05, 0.1) is 11.9 Å². The lowest BCUT2D eigenvalue weighted by Crippen LogP contribution is -2.20. The quantitative estimate of drug-likeness (QED) is 0.658. The molecule has 1 aliphatic rings. The monoisotopic (exact) mass is 377 g/mol. The molecule has 2 heterocycles. The molecule has 0 amide bonds. The second-order valence-electron chi connectivity index (χ2n) is 8.23. The fourth-order valence-electron chi connectivity index (χ4n) is 4.35. The van der Waals surface area contributed by atoms with Crippen LogP contribution in [0.3, 0.4) is 0 Å². The van der Waals surface area contributed by atoms with Crippen molar-refractivity contribution in [1.29, 1.82) is 0 Å². The van der Waals surface area contributed by atoms with E-state index in [-0.39, 0.29) is 0 Å². The average molecular weight is 378 g/mol. The van der Waals surface area contributed by atoms with E-state index >= 15 is 0 Å². The number of benzene rings is 1. The van der Waals surface area contributed by atoms with Crippen LogP contribution < -0.4 is 0 Å². The Bertz CT molecular complexity index is 857. The second-order valence-corrected chi connectivity index (χ2v) is 8.23. The lowest BCUT2D eigenvalue weighted by Gasteiger charge is -2.22. The van der Waals surface area contributed by atoms with Gasteiger partial charge >= 0.3 is 0 Å². The smallest absolute Gasteiger partial charge is 0.0968 e. The van der Waals surface area contributed by atoms with Gasteiger partial charge in [0.2, 0.25) is 0 Å². The zero-order chi connectivity index (χ0) is 19.3. The summed E-state index contributed by atoms with van der Waals surface area (Å²) in [6.07, 6.45) is 13.9. The highest BCUT2D eigenvalue weighted by molar-refractivity contribution is 5.63. The number of H-pyrrole nitrogens is 1. The Morgan fingerprint density at radius 1 is 1.14 bits per heavy atom. The molecular weight excluding hydrogens is 346 g/mol. The SMILES string of the molecule is CN(CCc1cn[nH]c1)Cc1cn(C)nc1-c1ccc(C2CCCCC2)cc1.